The second kappa shape index (κ2) is 5.92. The second-order valence-corrected chi connectivity index (χ2v) is 6.01. The Bertz CT molecular complexity index is 522. The lowest BCUT2D eigenvalue weighted by Crippen LogP contribution is -2.42. The molecule has 1 atom stereocenters. The summed E-state index contributed by atoms with van der Waals surface area (Å²) in [5.74, 6) is -0.956. The van der Waals surface area contributed by atoms with Crippen molar-refractivity contribution in [2.75, 3.05) is 11.9 Å². The number of nitrogens with zero attached hydrogens (tertiary/aromatic N) is 1. The second-order valence-electron chi connectivity index (χ2n) is 4.24. The molecule has 1 aliphatic rings. The summed E-state index contributed by atoms with van der Waals surface area (Å²) in [6, 6.07) is 4.26. The van der Waals surface area contributed by atoms with E-state index in [1.807, 2.05) is 6.07 Å². The van der Waals surface area contributed by atoms with Gasteiger partial charge in [0.15, 0.2) is 0 Å². The largest absolute Gasteiger partial charge is 0.480 e. The maximum Gasteiger partial charge on any atom is 0.326 e. The number of halogens is 2. The topological polar surface area (TPSA) is 69.6 Å². The van der Waals surface area contributed by atoms with Gasteiger partial charge >= 0.3 is 12.0 Å². The summed E-state index contributed by atoms with van der Waals surface area (Å²) in [5.41, 5.74) is 0.615. The first-order chi connectivity index (χ1) is 8.99. The smallest absolute Gasteiger partial charge is 0.326 e. The van der Waals surface area contributed by atoms with Crippen LogP contribution < -0.4 is 5.32 Å². The molecule has 1 fully saturated rings. The number of carbonyl (C=O) groups excluding carboxylic acids is 1. The minimum absolute atomic E-state index is 0.382. The number of carbonyl (C=O) groups is 2. The highest BCUT2D eigenvalue weighted by molar-refractivity contribution is 9.11. The number of hydrogen-bond donors (Lipinski definition) is 2. The van der Waals surface area contributed by atoms with Crippen LogP contribution in [-0.2, 0) is 4.79 Å². The number of benzene rings is 1. The number of likely N-dealkylation sites (tertiary alicyclic amines) is 1. The third kappa shape index (κ3) is 3.27. The zero-order chi connectivity index (χ0) is 14.0. The van der Waals surface area contributed by atoms with Gasteiger partial charge in [0.2, 0.25) is 0 Å². The van der Waals surface area contributed by atoms with E-state index < -0.39 is 12.0 Å². The Balaban J connectivity index is 2.10. The average molecular weight is 392 g/mol. The van der Waals surface area contributed by atoms with Crippen LogP contribution in [0.5, 0.6) is 0 Å². The monoisotopic (exact) mass is 390 g/mol. The number of urea groups is 1. The maximum atomic E-state index is 12.1. The maximum absolute atomic E-state index is 12.1. The molecule has 5 nitrogen and oxygen atoms in total. The molecule has 19 heavy (non-hydrogen) atoms. The summed E-state index contributed by atoms with van der Waals surface area (Å²) in [5, 5.41) is 11.8. The van der Waals surface area contributed by atoms with E-state index in [-0.39, 0.29) is 6.03 Å². The third-order valence-electron chi connectivity index (χ3n) is 2.97. The number of hydrogen-bond acceptors (Lipinski definition) is 2. The fourth-order valence-electron chi connectivity index (χ4n) is 2.04. The molecule has 0 saturated carbocycles. The van der Waals surface area contributed by atoms with Gasteiger partial charge in [0, 0.05) is 15.5 Å². The summed E-state index contributed by atoms with van der Waals surface area (Å²) >= 11 is 6.68. The zero-order valence-electron chi connectivity index (χ0n) is 9.90. The number of carboxylic acids is 1. The number of amides is 2. The van der Waals surface area contributed by atoms with Crippen molar-refractivity contribution >= 4 is 49.5 Å². The van der Waals surface area contributed by atoms with Crippen LogP contribution in [0.2, 0.25) is 0 Å². The number of aliphatic carboxylic acids is 1. The molecule has 0 radical (unpaired) electrons. The fraction of sp³-hybridized carbons (Fsp3) is 0.333. The Morgan fingerprint density at radius 2 is 2.11 bits per heavy atom. The van der Waals surface area contributed by atoms with Gasteiger partial charge in [0.05, 0.1) is 5.69 Å². The molecule has 0 spiro atoms. The number of rotatable bonds is 2. The Kier molecular flexibility index (Phi) is 4.46. The van der Waals surface area contributed by atoms with Crippen LogP contribution in [0.3, 0.4) is 0 Å². The van der Waals surface area contributed by atoms with Crippen LogP contribution in [0.1, 0.15) is 12.8 Å². The van der Waals surface area contributed by atoms with Gasteiger partial charge in [-0.1, -0.05) is 15.9 Å². The minimum atomic E-state index is -0.956. The molecule has 1 aromatic rings. The molecule has 0 bridgehead atoms. The van der Waals surface area contributed by atoms with E-state index >= 15 is 0 Å². The Hall–Kier alpha value is -1.08. The van der Waals surface area contributed by atoms with Crippen LogP contribution in [0.15, 0.2) is 27.1 Å². The van der Waals surface area contributed by atoms with Gasteiger partial charge < -0.3 is 15.3 Å². The molecule has 0 aliphatic carbocycles. The highest BCUT2D eigenvalue weighted by atomic mass is 79.9. The lowest BCUT2D eigenvalue weighted by molar-refractivity contribution is -0.141. The fourth-order valence-corrected chi connectivity index (χ4v) is 3.19. The standard InChI is InChI=1S/C12H12Br2N2O3/c13-7-3-4-9(8(14)6-7)15-12(19)16-5-1-2-10(16)11(17)18/h3-4,6,10H,1-2,5H2,(H,15,19)(H,17,18)/t10-/m0/s1. The van der Waals surface area contributed by atoms with Crippen molar-refractivity contribution in [3.63, 3.8) is 0 Å². The van der Waals surface area contributed by atoms with Crippen molar-refractivity contribution in [1.29, 1.82) is 0 Å². The first kappa shape index (κ1) is 14.3. The van der Waals surface area contributed by atoms with Gasteiger partial charge in [0.1, 0.15) is 6.04 Å². The van der Waals surface area contributed by atoms with Crippen molar-refractivity contribution in [2.45, 2.75) is 18.9 Å². The van der Waals surface area contributed by atoms with Gasteiger partial charge in [-0.3, -0.25) is 0 Å². The molecule has 1 aromatic carbocycles. The van der Waals surface area contributed by atoms with Gasteiger partial charge in [-0.2, -0.15) is 0 Å². The Morgan fingerprint density at radius 3 is 2.74 bits per heavy atom. The summed E-state index contributed by atoms with van der Waals surface area (Å²) in [6.07, 6.45) is 1.22. The van der Waals surface area contributed by atoms with Crippen molar-refractivity contribution in [1.82, 2.24) is 4.90 Å². The summed E-state index contributed by atoms with van der Waals surface area (Å²) in [7, 11) is 0. The van der Waals surface area contributed by atoms with Crippen molar-refractivity contribution < 1.29 is 14.7 Å². The molecule has 2 rings (SSSR count). The van der Waals surface area contributed by atoms with Crippen molar-refractivity contribution in [3.8, 4) is 0 Å². The molecule has 1 aliphatic heterocycles. The van der Waals surface area contributed by atoms with Gasteiger partial charge in [-0.05, 0) is 47.0 Å². The Morgan fingerprint density at radius 1 is 1.37 bits per heavy atom. The van der Waals surface area contributed by atoms with Gasteiger partial charge in [-0.15, -0.1) is 0 Å². The first-order valence-corrected chi connectivity index (χ1v) is 7.33. The predicted octanol–water partition coefficient (Wildman–Crippen LogP) is 3.29. The summed E-state index contributed by atoms with van der Waals surface area (Å²) < 4.78 is 1.63. The van der Waals surface area contributed by atoms with Crippen LogP contribution in [-0.4, -0.2) is 34.6 Å². The highest BCUT2D eigenvalue weighted by Crippen LogP contribution is 2.27. The minimum Gasteiger partial charge on any atom is -0.480 e. The Labute approximate surface area is 127 Å². The molecule has 1 saturated heterocycles. The number of anilines is 1. The van der Waals surface area contributed by atoms with E-state index in [0.717, 1.165) is 8.95 Å². The molecule has 7 heteroatoms. The molecule has 2 N–H and O–H groups in total. The number of nitrogens with one attached hydrogen (secondary N) is 1. The highest BCUT2D eigenvalue weighted by Gasteiger charge is 2.34. The van der Waals surface area contributed by atoms with Crippen molar-refractivity contribution in [3.05, 3.63) is 27.1 Å². The SMILES string of the molecule is O=C(O)[C@@H]1CCCN1C(=O)Nc1ccc(Br)cc1Br. The summed E-state index contributed by atoms with van der Waals surface area (Å²) in [4.78, 5) is 24.5. The molecular formula is C12H12Br2N2O3. The lowest BCUT2D eigenvalue weighted by atomic mass is 10.2. The summed E-state index contributed by atoms with van der Waals surface area (Å²) in [6.45, 7) is 0.469. The van der Waals surface area contributed by atoms with Crippen LogP contribution in [0.4, 0.5) is 10.5 Å². The molecule has 2 amide bonds. The molecule has 1 heterocycles. The van der Waals surface area contributed by atoms with E-state index in [0.29, 0.717) is 25.1 Å². The zero-order valence-corrected chi connectivity index (χ0v) is 13.1. The predicted molar refractivity (Wildman–Crippen MR) is 78.2 cm³/mol. The third-order valence-corrected chi connectivity index (χ3v) is 4.12. The normalized spacial score (nSPS) is 18.4. The van der Waals surface area contributed by atoms with Gasteiger partial charge in [0.25, 0.3) is 0 Å². The van der Waals surface area contributed by atoms with Crippen LogP contribution in [0, 0.1) is 0 Å². The van der Waals surface area contributed by atoms with E-state index in [2.05, 4.69) is 37.2 Å². The van der Waals surface area contributed by atoms with E-state index in [9.17, 15) is 9.59 Å². The number of carboxylic acid groups (broad SMARTS) is 1. The quantitative estimate of drug-likeness (QED) is 0.812. The lowest BCUT2D eigenvalue weighted by Gasteiger charge is -2.22. The van der Waals surface area contributed by atoms with E-state index in [4.69, 9.17) is 5.11 Å². The molecular weight excluding hydrogens is 380 g/mol. The van der Waals surface area contributed by atoms with Crippen LogP contribution >= 0.6 is 31.9 Å². The average Bonchev–Trinajstić information content (AvgIpc) is 2.82. The van der Waals surface area contributed by atoms with Crippen LogP contribution in [0.25, 0.3) is 0 Å². The first-order valence-electron chi connectivity index (χ1n) is 5.74. The molecule has 102 valence electrons. The molecule has 0 unspecified atom stereocenters. The van der Waals surface area contributed by atoms with Crippen molar-refractivity contribution in [2.24, 2.45) is 0 Å². The molecule has 0 aromatic heterocycles. The van der Waals surface area contributed by atoms with E-state index in [1.165, 1.54) is 4.90 Å². The van der Waals surface area contributed by atoms with Gasteiger partial charge in [-0.25, -0.2) is 9.59 Å². The van der Waals surface area contributed by atoms with E-state index in [1.54, 1.807) is 12.1 Å².